The smallest absolute Gasteiger partial charge is 0.0629 e. The number of benzene rings is 5. The molecule has 0 bridgehead atoms. The van der Waals surface area contributed by atoms with E-state index >= 15 is 0 Å². The van der Waals surface area contributed by atoms with Gasteiger partial charge in [-0.25, -0.2) is 0 Å². The van der Waals surface area contributed by atoms with Crippen molar-refractivity contribution in [3.63, 3.8) is 0 Å². The van der Waals surface area contributed by atoms with Crippen LogP contribution in [0.3, 0.4) is 0 Å². The van der Waals surface area contributed by atoms with Gasteiger partial charge in [-0.05, 0) is 88.4 Å². The van der Waals surface area contributed by atoms with Gasteiger partial charge < -0.3 is 0 Å². The van der Waals surface area contributed by atoms with Crippen molar-refractivity contribution in [3.8, 4) is 11.1 Å². The first kappa shape index (κ1) is 25.9. The predicted molar refractivity (Wildman–Crippen MR) is 174 cm³/mol. The molecule has 1 aliphatic rings. The van der Waals surface area contributed by atoms with Crippen LogP contribution in [0.4, 0.5) is 0 Å². The van der Waals surface area contributed by atoms with Gasteiger partial charge in [-0.15, -0.1) is 0 Å². The average Bonchev–Trinajstić information content (AvgIpc) is 2.83. The fourth-order valence-corrected chi connectivity index (χ4v) is 6.95. The molecular weight excluding hydrogens is 467 g/mol. The molecule has 1 aliphatic heterocycles. The van der Waals surface area contributed by atoms with Gasteiger partial charge in [0, 0.05) is 0 Å². The summed E-state index contributed by atoms with van der Waals surface area (Å²) in [6.45, 7) is 23.3. The Morgan fingerprint density at radius 2 is 1.15 bits per heavy atom. The Morgan fingerprint density at radius 1 is 0.513 bits per heavy atom. The minimum Gasteiger partial charge on any atom is -0.0629 e. The molecule has 5 aromatic carbocycles. The first-order valence-corrected chi connectivity index (χ1v) is 14.5. The number of hydrogen-bond donors (Lipinski definition) is 0. The minimum atomic E-state index is 0.0479. The Morgan fingerprint density at radius 3 is 1.79 bits per heavy atom. The van der Waals surface area contributed by atoms with E-state index in [2.05, 4.69) is 136 Å². The maximum Gasteiger partial charge on any atom is 0.243 e. The highest BCUT2D eigenvalue weighted by Gasteiger charge is 2.36. The highest BCUT2D eigenvalue weighted by molar-refractivity contribution is 6.99. The normalized spacial score (nSPS) is 13.3. The predicted octanol–water partition coefficient (Wildman–Crippen LogP) is 8.32. The minimum absolute atomic E-state index is 0.0479. The standard InChI is InChI=1S/C38H41B/c1-22-11-12-26-18-31-29-14-13-27(37(5,6)7)20-33(29)39(36-24(3)15-23(2)16-25(36)4)34-21-28(38(8,9)10)19-32(35(31)34)30(26)17-22/h11-21H,1-10H3. The van der Waals surface area contributed by atoms with E-state index in [1.807, 2.05) is 0 Å². The zero-order valence-electron chi connectivity index (χ0n) is 25.4. The zero-order valence-corrected chi connectivity index (χ0v) is 25.4. The topological polar surface area (TPSA) is 0 Å². The van der Waals surface area contributed by atoms with Crippen molar-refractivity contribution in [1.82, 2.24) is 0 Å². The molecule has 1 heteroatoms. The Labute approximate surface area is 235 Å². The van der Waals surface area contributed by atoms with Crippen LogP contribution in [0.5, 0.6) is 0 Å². The summed E-state index contributed by atoms with van der Waals surface area (Å²) in [6.07, 6.45) is 0. The number of fused-ring (bicyclic) bond motifs is 4. The third kappa shape index (κ3) is 4.13. The maximum atomic E-state index is 2.55. The quantitative estimate of drug-likeness (QED) is 0.155. The third-order valence-electron chi connectivity index (χ3n) is 8.96. The van der Waals surface area contributed by atoms with E-state index in [0.717, 1.165) is 0 Å². The van der Waals surface area contributed by atoms with Gasteiger partial charge in [0.2, 0.25) is 6.71 Å². The largest absolute Gasteiger partial charge is 0.243 e. The van der Waals surface area contributed by atoms with Crippen LogP contribution in [0.25, 0.3) is 32.7 Å². The first-order valence-electron chi connectivity index (χ1n) is 14.5. The molecule has 0 N–H and O–H groups in total. The van der Waals surface area contributed by atoms with Gasteiger partial charge in [0.1, 0.15) is 0 Å². The van der Waals surface area contributed by atoms with Gasteiger partial charge in [-0.1, -0.05) is 141 Å². The highest BCUT2D eigenvalue weighted by atomic mass is 14.3. The van der Waals surface area contributed by atoms with Crippen LogP contribution in [0.15, 0.2) is 66.7 Å². The molecule has 39 heavy (non-hydrogen) atoms. The van der Waals surface area contributed by atoms with Crippen molar-refractivity contribution in [3.05, 3.63) is 100 Å². The zero-order chi connectivity index (χ0) is 28.0. The maximum absolute atomic E-state index is 2.55. The van der Waals surface area contributed by atoms with Crippen LogP contribution < -0.4 is 16.4 Å². The molecule has 0 aliphatic carbocycles. The van der Waals surface area contributed by atoms with Gasteiger partial charge in [-0.3, -0.25) is 0 Å². The summed E-state index contributed by atoms with van der Waals surface area (Å²) in [5.41, 5.74) is 15.5. The molecule has 0 atom stereocenters. The molecule has 6 rings (SSSR count). The summed E-state index contributed by atoms with van der Waals surface area (Å²) in [4.78, 5) is 0. The molecule has 196 valence electrons. The van der Waals surface area contributed by atoms with Gasteiger partial charge in [-0.2, -0.15) is 0 Å². The summed E-state index contributed by atoms with van der Waals surface area (Å²) in [6, 6.07) is 26.5. The van der Waals surface area contributed by atoms with Gasteiger partial charge in [0.15, 0.2) is 0 Å². The van der Waals surface area contributed by atoms with Gasteiger partial charge >= 0.3 is 0 Å². The third-order valence-corrected chi connectivity index (χ3v) is 8.96. The molecule has 0 aromatic heterocycles. The van der Waals surface area contributed by atoms with Crippen LogP contribution in [0.2, 0.25) is 0 Å². The average molecular weight is 509 g/mol. The van der Waals surface area contributed by atoms with E-state index < -0.39 is 0 Å². The molecule has 0 saturated carbocycles. The van der Waals surface area contributed by atoms with Crippen molar-refractivity contribution in [2.24, 2.45) is 0 Å². The van der Waals surface area contributed by atoms with Gasteiger partial charge in [0.25, 0.3) is 0 Å². The molecular formula is C38H41B. The lowest BCUT2D eigenvalue weighted by atomic mass is 9.32. The monoisotopic (exact) mass is 508 g/mol. The second-order valence-electron chi connectivity index (χ2n) is 14.2. The number of aryl methyl sites for hydroxylation is 4. The second-order valence-corrected chi connectivity index (χ2v) is 14.2. The molecule has 0 saturated heterocycles. The van der Waals surface area contributed by atoms with Crippen LogP contribution in [-0.2, 0) is 10.8 Å². The number of hydrogen-bond acceptors (Lipinski definition) is 0. The van der Waals surface area contributed by atoms with Crippen LogP contribution in [-0.4, -0.2) is 6.71 Å². The van der Waals surface area contributed by atoms with E-state index in [1.165, 1.54) is 82.4 Å². The van der Waals surface area contributed by atoms with Crippen LogP contribution in [0.1, 0.15) is 74.9 Å². The molecule has 0 spiro atoms. The second kappa shape index (κ2) is 8.59. The van der Waals surface area contributed by atoms with Crippen molar-refractivity contribution < 1.29 is 0 Å². The fraction of sp³-hybridized carbons (Fsp3) is 0.316. The Bertz CT molecular complexity index is 1780. The van der Waals surface area contributed by atoms with Crippen molar-refractivity contribution in [2.45, 2.75) is 80.1 Å². The summed E-state index contributed by atoms with van der Waals surface area (Å²) >= 11 is 0. The fourth-order valence-electron chi connectivity index (χ4n) is 6.95. The van der Waals surface area contributed by atoms with Crippen molar-refractivity contribution in [1.29, 1.82) is 0 Å². The van der Waals surface area contributed by atoms with E-state index in [4.69, 9.17) is 0 Å². The number of rotatable bonds is 1. The molecule has 0 nitrogen and oxygen atoms in total. The lowest BCUT2D eigenvalue weighted by molar-refractivity contribution is 0.591. The van der Waals surface area contributed by atoms with Crippen molar-refractivity contribution in [2.75, 3.05) is 0 Å². The highest BCUT2D eigenvalue weighted by Crippen LogP contribution is 2.39. The molecule has 0 radical (unpaired) electrons. The summed E-state index contributed by atoms with van der Waals surface area (Å²) in [7, 11) is 0. The lowest BCUT2D eigenvalue weighted by Crippen LogP contribution is -2.57. The molecule has 0 fully saturated rings. The van der Waals surface area contributed by atoms with Crippen LogP contribution in [0, 0.1) is 27.7 Å². The molecule has 1 heterocycles. The lowest BCUT2D eigenvalue weighted by Gasteiger charge is -2.33. The van der Waals surface area contributed by atoms with E-state index in [9.17, 15) is 0 Å². The Hall–Kier alpha value is -3.32. The molecule has 5 aromatic rings. The van der Waals surface area contributed by atoms with Gasteiger partial charge in [0.05, 0.1) is 0 Å². The molecule has 0 amide bonds. The summed E-state index contributed by atoms with van der Waals surface area (Å²) < 4.78 is 0. The van der Waals surface area contributed by atoms with E-state index in [1.54, 1.807) is 0 Å². The van der Waals surface area contributed by atoms with Crippen molar-refractivity contribution >= 4 is 44.6 Å². The summed E-state index contributed by atoms with van der Waals surface area (Å²) in [5, 5.41) is 5.52. The van der Waals surface area contributed by atoms with Crippen LogP contribution >= 0.6 is 0 Å². The Kier molecular flexibility index (Phi) is 5.71. The van der Waals surface area contributed by atoms with E-state index in [0.29, 0.717) is 0 Å². The van der Waals surface area contributed by atoms with E-state index in [-0.39, 0.29) is 17.5 Å². The first-order chi connectivity index (χ1) is 18.2. The summed E-state index contributed by atoms with van der Waals surface area (Å²) in [5.74, 6) is 0. The SMILES string of the molecule is Cc1cc(C)c(B2c3cc(C(C)(C)C)ccc3-c3cc4ccc(C)cc4c4cc(C(C)(C)C)cc2c34)c(C)c1. The molecule has 0 unspecified atom stereocenters. The Balaban J connectivity index is 1.85.